The molecule has 0 atom stereocenters. The third-order valence-corrected chi connectivity index (χ3v) is 4.71. The van der Waals surface area contributed by atoms with E-state index in [0.717, 1.165) is 24.2 Å². The fourth-order valence-electron chi connectivity index (χ4n) is 4.02. The first-order valence-corrected chi connectivity index (χ1v) is 8.86. The average molecular weight is 340 g/mol. The van der Waals surface area contributed by atoms with Crippen LogP contribution < -0.4 is 10.9 Å². The summed E-state index contributed by atoms with van der Waals surface area (Å²) in [5.74, 6) is 0. The minimum absolute atomic E-state index is 0.0428. The second-order valence-corrected chi connectivity index (χ2v) is 8.36. The quantitative estimate of drug-likeness (QED) is 0.843. The SMILES string of the molecule is Cc1[nH]n(-c2ccccc2)c(=O)c1C=NC1CC(C)(C)NC(C)(C)C1. The lowest BCUT2D eigenvalue weighted by Gasteiger charge is -2.45. The number of aliphatic imine (C=N–C) groups is 1. The third-order valence-electron chi connectivity index (χ3n) is 4.71. The molecule has 0 spiro atoms. The molecule has 0 aliphatic carbocycles. The van der Waals surface area contributed by atoms with E-state index in [4.69, 9.17) is 4.99 Å². The Bertz CT molecular complexity index is 811. The second kappa shape index (κ2) is 6.30. The largest absolute Gasteiger partial charge is 0.307 e. The highest BCUT2D eigenvalue weighted by atomic mass is 16.1. The monoisotopic (exact) mass is 340 g/mol. The molecule has 0 unspecified atom stereocenters. The summed E-state index contributed by atoms with van der Waals surface area (Å²) >= 11 is 0. The zero-order chi connectivity index (χ0) is 18.2. The van der Waals surface area contributed by atoms with Crippen molar-refractivity contribution in [2.75, 3.05) is 0 Å². The summed E-state index contributed by atoms with van der Waals surface area (Å²) in [4.78, 5) is 17.5. The number of hydrogen-bond acceptors (Lipinski definition) is 3. The van der Waals surface area contributed by atoms with E-state index in [-0.39, 0.29) is 22.7 Å². The molecule has 1 aliphatic rings. The van der Waals surface area contributed by atoms with Crippen molar-refractivity contribution in [2.24, 2.45) is 4.99 Å². The lowest BCUT2D eigenvalue weighted by atomic mass is 9.80. The lowest BCUT2D eigenvalue weighted by molar-refractivity contribution is 0.164. The summed E-state index contributed by atoms with van der Waals surface area (Å²) in [6, 6.07) is 9.82. The topological polar surface area (TPSA) is 62.2 Å². The molecule has 2 N–H and O–H groups in total. The van der Waals surface area contributed by atoms with Gasteiger partial charge in [-0.25, -0.2) is 4.68 Å². The van der Waals surface area contributed by atoms with E-state index in [1.54, 1.807) is 10.9 Å². The van der Waals surface area contributed by atoms with E-state index < -0.39 is 0 Å². The van der Waals surface area contributed by atoms with Gasteiger partial charge in [-0.2, -0.15) is 0 Å². The Morgan fingerprint density at radius 2 is 1.72 bits per heavy atom. The van der Waals surface area contributed by atoms with Gasteiger partial charge in [0.1, 0.15) is 0 Å². The number of para-hydroxylation sites is 1. The van der Waals surface area contributed by atoms with Crippen LogP contribution in [0.1, 0.15) is 51.8 Å². The van der Waals surface area contributed by atoms with Crippen molar-refractivity contribution in [1.29, 1.82) is 0 Å². The maximum Gasteiger partial charge on any atom is 0.280 e. The molecule has 1 aliphatic heterocycles. The van der Waals surface area contributed by atoms with Crippen LogP contribution in [0.15, 0.2) is 40.1 Å². The normalized spacial score (nSPS) is 20.2. The molecule has 1 aromatic heterocycles. The van der Waals surface area contributed by atoms with Gasteiger partial charge in [-0.05, 0) is 59.6 Å². The Balaban J connectivity index is 1.87. The van der Waals surface area contributed by atoms with Crippen LogP contribution in [-0.2, 0) is 0 Å². The van der Waals surface area contributed by atoms with Gasteiger partial charge in [0.05, 0.1) is 17.3 Å². The van der Waals surface area contributed by atoms with Gasteiger partial charge < -0.3 is 5.32 Å². The number of nitrogens with one attached hydrogen (secondary N) is 2. The summed E-state index contributed by atoms with van der Waals surface area (Å²) in [6.45, 7) is 10.7. The summed E-state index contributed by atoms with van der Waals surface area (Å²) in [5.41, 5.74) is 2.34. The van der Waals surface area contributed by atoms with Crippen LogP contribution in [0, 0.1) is 6.92 Å². The molecule has 0 radical (unpaired) electrons. The number of benzene rings is 1. The van der Waals surface area contributed by atoms with Gasteiger partial charge in [0.15, 0.2) is 0 Å². The van der Waals surface area contributed by atoms with Crippen LogP contribution in [0.25, 0.3) is 5.69 Å². The second-order valence-electron chi connectivity index (χ2n) is 8.36. The van der Waals surface area contributed by atoms with E-state index in [1.165, 1.54) is 0 Å². The molecular formula is C20H28N4O. The Hall–Kier alpha value is -2.14. The number of aromatic nitrogens is 2. The van der Waals surface area contributed by atoms with Gasteiger partial charge in [0.2, 0.25) is 0 Å². The predicted octanol–water partition coefficient (Wildman–Crippen LogP) is 3.20. The van der Waals surface area contributed by atoms with Crippen molar-refractivity contribution in [3.05, 3.63) is 51.9 Å². The molecule has 5 heteroatoms. The minimum Gasteiger partial charge on any atom is -0.307 e. The Morgan fingerprint density at radius 3 is 2.32 bits per heavy atom. The number of aromatic amines is 1. The Morgan fingerprint density at radius 1 is 1.12 bits per heavy atom. The first kappa shape index (κ1) is 17.7. The van der Waals surface area contributed by atoms with Crippen LogP contribution in [0.5, 0.6) is 0 Å². The number of piperidine rings is 1. The third kappa shape index (κ3) is 3.93. The molecule has 0 bridgehead atoms. The molecule has 5 nitrogen and oxygen atoms in total. The van der Waals surface area contributed by atoms with Crippen LogP contribution in [0.3, 0.4) is 0 Å². The molecule has 2 aromatic rings. The van der Waals surface area contributed by atoms with Gasteiger partial charge in [-0.3, -0.25) is 14.9 Å². The zero-order valence-corrected chi connectivity index (χ0v) is 15.8. The highest BCUT2D eigenvalue weighted by molar-refractivity contribution is 5.80. The molecule has 1 aromatic carbocycles. The Kier molecular flexibility index (Phi) is 4.45. The maximum absolute atomic E-state index is 12.7. The van der Waals surface area contributed by atoms with Gasteiger partial charge in [0.25, 0.3) is 5.56 Å². The van der Waals surface area contributed by atoms with Crippen molar-refractivity contribution in [3.8, 4) is 5.69 Å². The molecule has 1 fully saturated rings. The summed E-state index contributed by atoms with van der Waals surface area (Å²) < 4.78 is 1.58. The predicted molar refractivity (Wildman–Crippen MR) is 103 cm³/mol. The van der Waals surface area contributed by atoms with E-state index in [0.29, 0.717) is 5.56 Å². The van der Waals surface area contributed by atoms with Crippen molar-refractivity contribution in [3.63, 3.8) is 0 Å². The van der Waals surface area contributed by atoms with Crippen molar-refractivity contribution in [1.82, 2.24) is 15.1 Å². The molecule has 3 rings (SSSR count). The van der Waals surface area contributed by atoms with Crippen molar-refractivity contribution < 1.29 is 0 Å². The van der Waals surface area contributed by atoms with E-state index in [2.05, 4.69) is 38.1 Å². The lowest BCUT2D eigenvalue weighted by Crippen LogP contribution is -2.58. The van der Waals surface area contributed by atoms with Crippen LogP contribution in [0.2, 0.25) is 0 Å². The first-order valence-electron chi connectivity index (χ1n) is 8.86. The summed E-state index contributed by atoms with van der Waals surface area (Å²) in [6.07, 6.45) is 3.68. The number of H-pyrrole nitrogens is 1. The standard InChI is InChI=1S/C20H28N4O/c1-14-17(18(25)24(22-14)16-9-7-6-8-10-16)13-21-15-11-19(2,3)23-20(4,5)12-15/h6-10,13,15,22-23H,11-12H2,1-5H3. The van der Waals surface area contributed by atoms with Crippen molar-refractivity contribution >= 4 is 6.21 Å². The van der Waals surface area contributed by atoms with E-state index in [1.807, 2.05) is 37.3 Å². The molecule has 2 heterocycles. The first-order chi connectivity index (χ1) is 11.7. The fourth-order valence-corrected chi connectivity index (χ4v) is 4.02. The maximum atomic E-state index is 12.7. The molecule has 0 saturated carbocycles. The molecule has 1 saturated heterocycles. The number of nitrogens with zero attached hydrogens (tertiary/aromatic N) is 2. The van der Waals surface area contributed by atoms with Gasteiger partial charge in [-0.1, -0.05) is 18.2 Å². The molecule has 0 amide bonds. The number of rotatable bonds is 3. The number of aryl methyl sites for hydroxylation is 1. The van der Waals surface area contributed by atoms with Gasteiger partial charge in [-0.15, -0.1) is 0 Å². The highest BCUT2D eigenvalue weighted by Gasteiger charge is 2.37. The van der Waals surface area contributed by atoms with E-state index >= 15 is 0 Å². The van der Waals surface area contributed by atoms with Crippen LogP contribution in [0.4, 0.5) is 0 Å². The van der Waals surface area contributed by atoms with Crippen LogP contribution in [-0.4, -0.2) is 33.1 Å². The summed E-state index contributed by atoms with van der Waals surface area (Å²) in [7, 11) is 0. The highest BCUT2D eigenvalue weighted by Crippen LogP contribution is 2.30. The van der Waals surface area contributed by atoms with Gasteiger partial charge in [0, 0.05) is 23.0 Å². The zero-order valence-electron chi connectivity index (χ0n) is 15.8. The molecule has 134 valence electrons. The molecular weight excluding hydrogens is 312 g/mol. The number of hydrogen-bond donors (Lipinski definition) is 2. The average Bonchev–Trinajstić information content (AvgIpc) is 2.78. The fraction of sp³-hybridized carbons (Fsp3) is 0.500. The smallest absolute Gasteiger partial charge is 0.280 e. The van der Waals surface area contributed by atoms with E-state index in [9.17, 15) is 4.79 Å². The van der Waals surface area contributed by atoms with Crippen LogP contribution >= 0.6 is 0 Å². The van der Waals surface area contributed by atoms with Gasteiger partial charge >= 0.3 is 0 Å². The molecule has 25 heavy (non-hydrogen) atoms. The summed E-state index contributed by atoms with van der Waals surface area (Å²) in [5, 5.41) is 6.81. The Labute approximate surface area is 149 Å². The minimum atomic E-state index is -0.0556. The van der Waals surface area contributed by atoms with Crippen molar-refractivity contribution in [2.45, 2.75) is 64.6 Å².